The Bertz CT molecular complexity index is 903. The van der Waals surface area contributed by atoms with Gasteiger partial charge in [0.2, 0.25) is 5.91 Å². The Kier molecular flexibility index (Phi) is 7.16. The molecule has 164 valence electrons. The zero-order chi connectivity index (χ0) is 21.8. The van der Waals surface area contributed by atoms with Crippen molar-refractivity contribution in [3.05, 3.63) is 64.1 Å². The van der Waals surface area contributed by atoms with Gasteiger partial charge in [-0.25, -0.2) is 0 Å². The summed E-state index contributed by atoms with van der Waals surface area (Å²) in [5, 5.41) is 4.34. The first-order valence-corrected chi connectivity index (χ1v) is 11.6. The van der Waals surface area contributed by atoms with Gasteiger partial charge in [0, 0.05) is 47.5 Å². The number of halogens is 2. The number of nitrogens with one attached hydrogen (secondary N) is 1. The van der Waals surface area contributed by atoms with Crippen molar-refractivity contribution in [1.82, 2.24) is 9.80 Å². The van der Waals surface area contributed by atoms with Crippen LogP contribution in [0.5, 0.6) is 0 Å². The molecule has 5 nitrogen and oxygen atoms in total. The van der Waals surface area contributed by atoms with Gasteiger partial charge in [-0.1, -0.05) is 36.0 Å². The lowest BCUT2D eigenvalue weighted by atomic mass is 9.94. The number of nitrogens with zero attached hydrogens (tertiary/aromatic N) is 2. The van der Waals surface area contributed by atoms with Crippen LogP contribution in [0.1, 0.15) is 36.0 Å². The van der Waals surface area contributed by atoms with Crippen LogP contribution in [0.25, 0.3) is 0 Å². The van der Waals surface area contributed by atoms with Crippen molar-refractivity contribution in [1.29, 1.82) is 0 Å². The van der Waals surface area contributed by atoms with Crippen LogP contribution < -0.4 is 5.32 Å². The molecule has 1 N–H and O–H groups in total. The van der Waals surface area contributed by atoms with E-state index in [1.165, 1.54) is 12.8 Å². The summed E-state index contributed by atoms with van der Waals surface area (Å²) >= 11 is 11.9. The zero-order valence-corrected chi connectivity index (χ0v) is 18.9. The average molecular weight is 460 g/mol. The summed E-state index contributed by atoms with van der Waals surface area (Å²) in [6.45, 7) is 2.60. The summed E-state index contributed by atoms with van der Waals surface area (Å²) < 4.78 is 0. The highest BCUT2D eigenvalue weighted by Gasteiger charge is 2.37. The largest absolute Gasteiger partial charge is 0.336 e. The maximum atomic E-state index is 13.3. The van der Waals surface area contributed by atoms with E-state index in [1.807, 2.05) is 17.0 Å². The lowest BCUT2D eigenvalue weighted by Gasteiger charge is -2.40. The van der Waals surface area contributed by atoms with Gasteiger partial charge in [0.15, 0.2) is 0 Å². The summed E-state index contributed by atoms with van der Waals surface area (Å²) in [4.78, 5) is 30.2. The molecule has 4 rings (SSSR count). The molecule has 2 aromatic carbocycles. The fourth-order valence-corrected chi connectivity index (χ4v) is 4.93. The monoisotopic (exact) mass is 459 g/mol. The molecular formula is C24H27Cl2N3O2. The van der Waals surface area contributed by atoms with E-state index in [1.54, 1.807) is 36.4 Å². The van der Waals surface area contributed by atoms with Crippen LogP contribution in [-0.2, 0) is 4.79 Å². The Morgan fingerprint density at radius 3 is 1.97 bits per heavy atom. The Morgan fingerprint density at radius 2 is 1.39 bits per heavy atom. The van der Waals surface area contributed by atoms with E-state index in [0.29, 0.717) is 47.7 Å². The predicted molar refractivity (Wildman–Crippen MR) is 125 cm³/mol. The third-order valence-corrected chi connectivity index (χ3v) is 6.82. The van der Waals surface area contributed by atoms with Crippen molar-refractivity contribution in [2.75, 3.05) is 31.5 Å². The molecule has 2 fully saturated rings. The minimum atomic E-state index is -0.175. The summed E-state index contributed by atoms with van der Waals surface area (Å²) in [7, 11) is 0. The number of rotatable bonds is 5. The minimum Gasteiger partial charge on any atom is -0.336 e. The van der Waals surface area contributed by atoms with Crippen molar-refractivity contribution in [2.45, 2.75) is 31.7 Å². The van der Waals surface area contributed by atoms with Crippen LogP contribution in [0.4, 0.5) is 5.69 Å². The number of hydrogen-bond donors (Lipinski definition) is 1. The van der Waals surface area contributed by atoms with Crippen molar-refractivity contribution >= 4 is 40.7 Å². The molecule has 31 heavy (non-hydrogen) atoms. The molecule has 2 amide bonds. The van der Waals surface area contributed by atoms with Gasteiger partial charge in [-0.2, -0.15) is 0 Å². The number of carbonyl (C=O) groups excluding carboxylic acids is 2. The molecular weight excluding hydrogens is 433 g/mol. The summed E-state index contributed by atoms with van der Waals surface area (Å²) in [5.41, 5.74) is 1.40. The van der Waals surface area contributed by atoms with Crippen LogP contribution in [0, 0.1) is 5.92 Å². The SMILES string of the molecule is O=C(Nc1ccc(Cl)cc1)[C@@H](C1CCCC1)N1CCN(C(=O)c2ccc(Cl)cc2)CC1. The number of anilines is 1. The fourth-order valence-electron chi connectivity index (χ4n) is 4.68. The molecule has 1 aliphatic carbocycles. The van der Waals surface area contributed by atoms with Crippen LogP contribution >= 0.6 is 23.2 Å². The van der Waals surface area contributed by atoms with Crippen molar-refractivity contribution < 1.29 is 9.59 Å². The van der Waals surface area contributed by atoms with Crippen LogP contribution in [0.15, 0.2) is 48.5 Å². The van der Waals surface area contributed by atoms with E-state index in [9.17, 15) is 9.59 Å². The molecule has 1 aliphatic heterocycles. The maximum Gasteiger partial charge on any atom is 0.253 e. The molecule has 7 heteroatoms. The number of amides is 2. The lowest BCUT2D eigenvalue weighted by Crippen LogP contribution is -2.56. The van der Waals surface area contributed by atoms with Gasteiger partial charge in [-0.15, -0.1) is 0 Å². The maximum absolute atomic E-state index is 13.3. The molecule has 0 bridgehead atoms. The third-order valence-electron chi connectivity index (χ3n) is 6.31. The molecule has 1 saturated carbocycles. The second kappa shape index (κ2) is 10.0. The highest BCUT2D eigenvalue weighted by atomic mass is 35.5. The smallest absolute Gasteiger partial charge is 0.253 e. The zero-order valence-electron chi connectivity index (χ0n) is 17.4. The summed E-state index contributed by atoms with van der Waals surface area (Å²) in [6.07, 6.45) is 4.49. The predicted octanol–water partition coefficient (Wildman–Crippen LogP) is 4.95. The van der Waals surface area contributed by atoms with Gasteiger partial charge in [0.1, 0.15) is 0 Å². The van der Waals surface area contributed by atoms with E-state index in [-0.39, 0.29) is 17.9 Å². The molecule has 0 aromatic heterocycles. The van der Waals surface area contributed by atoms with E-state index >= 15 is 0 Å². The number of carbonyl (C=O) groups is 2. The molecule has 2 aliphatic rings. The van der Waals surface area contributed by atoms with Crippen LogP contribution in [0.2, 0.25) is 10.0 Å². The molecule has 0 spiro atoms. The van der Waals surface area contributed by atoms with Crippen LogP contribution in [0.3, 0.4) is 0 Å². The normalized spacial score (nSPS) is 18.7. The number of hydrogen-bond acceptors (Lipinski definition) is 3. The van der Waals surface area contributed by atoms with Gasteiger partial charge >= 0.3 is 0 Å². The Morgan fingerprint density at radius 1 is 0.839 bits per heavy atom. The molecule has 0 radical (unpaired) electrons. The van der Waals surface area contributed by atoms with E-state index < -0.39 is 0 Å². The Balaban J connectivity index is 1.42. The number of piperazine rings is 1. The lowest BCUT2D eigenvalue weighted by molar-refractivity contribution is -0.123. The minimum absolute atomic E-state index is 0.0133. The van der Waals surface area contributed by atoms with Gasteiger partial charge in [-0.3, -0.25) is 14.5 Å². The topological polar surface area (TPSA) is 52.7 Å². The standard InChI is InChI=1S/C24H27Cl2N3O2/c25-19-7-5-18(6-8-19)24(31)29-15-13-28(14-16-29)22(17-3-1-2-4-17)23(30)27-21-11-9-20(26)10-12-21/h5-12,17,22H,1-4,13-16H2,(H,27,30)/t22-/m1/s1. The summed E-state index contributed by atoms with van der Waals surface area (Å²) in [6, 6.07) is 14.0. The average Bonchev–Trinajstić information content (AvgIpc) is 3.30. The van der Waals surface area contributed by atoms with Crippen molar-refractivity contribution in [3.8, 4) is 0 Å². The Hall–Kier alpha value is -2.08. The van der Waals surface area contributed by atoms with Crippen molar-refractivity contribution in [3.63, 3.8) is 0 Å². The first-order chi connectivity index (χ1) is 15.0. The highest BCUT2D eigenvalue weighted by molar-refractivity contribution is 6.31. The molecule has 2 aromatic rings. The van der Waals surface area contributed by atoms with Gasteiger partial charge in [-0.05, 0) is 67.3 Å². The summed E-state index contributed by atoms with van der Waals surface area (Å²) in [5.74, 6) is 0.400. The first kappa shape index (κ1) is 22.1. The Labute approximate surface area is 193 Å². The quantitative estimate of drug-likeness (QED) is 0.687. The number of benzene rings is 2. The van der Waals surface area contributed by atoms with E-state index in [4.69, 9.17) is 23.2 Å². The second-order valence-corrected chi connectivity index (χ2v) is 9.19. The first-order valence-electron chi connectivity index (χ1n) is 10.9. The third kappa shape index (κ3) is 5.40. The van der Waals surface area contributed by atoms with Gasteiger partial charge in [0.25, 0.3) is 5.91 Å². The second-order valence-electron chi connectivity index (χ2n) is 8.32. The molecule has 1 atom stereocenters. The van der Waals surface area contributed by atoms with Gasteiger partial charge in [0.05, 0.1) is 6.04 Å². The molecule has 1 saturated heterocycles. The fraction of sp³-hybridized carbons (Fsp3) is 0.417. The van der Waals surface area contributed by atoms with Crippen LogP contribution in [-0.4, -0.2) is 53.8 Å². The van der Waals surface area contributed by atoms with Crippen molar-refractivity contribution in [2.24, 2.45) is 5.92 Å². The molecule has 1 heterocycles. The van der Waals surface area contributed by atoms with Gasteiger partial charge < -0.3 is 10.2 Å². The van der Waals surface area contributed by atoms with E-state index in [2.05, 4.69) is 10.2 Å². The molecule has 0 unspecified atom stereocenters. The highest BCUT2D eigenvalue weighted by Crippen LogP contribution is 2.32. The van der Waals surface area contributed by atoms with E-state index in [0.717, 1.165) is 18.5 Å².